The molecule has 1 aliphatic heterocycles. The Hall–Kier alpha value is -0.140. The third kappa shape index (κ3) is 1.42. The standard InChI is InChI=1S/C5H4Cl2N/c6-4-1-5(7)3-8-2-4/h1,8H,2H2. The van der Waals surface area contributed by atoms with Crippen LogP contribution < -0.4 is 5.32 Å². The van der Waals surface area contributed by atoms with Crippen molar-refractivity contribution in [3.63, 3.8) is 0 Å². The van der Waals surface area contributed by atoms with E-state index in [-0.39, 0.29) is 0 Å². The highest BCUT2D eigenvalue weighted by molar-refractivity contribution is 6.34. The minimum absolute atomic E-state index is 0.529. The van der Waals surface area contributed by atoms with Crippen molar-refractivity contribution < 1.29 is 0 Å². The van der Waals surface area contributed by atoms with E-state index in [1.807, 2.05) is 0 Å². The lowest BCUT2D eigenvalue weighted by Crippen LogP contribution is -2.11. The van der Waals surface area contributed by atoms with E-state index in [4.69, 9.17) is 23.2 Å². The van der Waals surface area contributed by atoms with Crippen molar-refractivity contribution in [2.75, 3.05) is 6.54 Å². The molecule has 0 fully saturated rings. The number of hydrogen-bond acceptors (Lipinski definition) is 1. The van der Waals surface area contributed by atoms with Gasteiger partial charge in [0.1, 0.15) is 0 Å². The predicted molar refractivity (Wildman–Crippen MR) is 34.5 cm³/mol. The molecule has 0 atom stereocenters. The fraction of sp³-hybridized carbons (Fsp3) is 0.200. The van der Waals surface area contributed by atoms with E-state index in [2.05, 4.69) is 11.5 Å². The highest BCUT2D eigenvalue weighted by Gasteiger charge is 1.98. The highest BCUT2D eigenvalue weighted by Crippen LogP contribution is 2.11. The van der Waals surface area contributed by atoms with E-state index in [0.29, 0.717) is 16.6 Å². The Kier molecular flexibility index (Phi) is 1.81. The predicted octanol–water partition coefficient (Wildman–Crippen LogP) is 1.60. The molecule has 0 saturated carbocycles. The number of allylic oxidation sites excluding steroid dienone is 2. The second-order valence-electron chi connectivity index (χ2n) is 1.42. The van der Waals surface area contributed by atoms with E-state index in [1.165, 1.54) is 0 Å². The number of halogens is 2. The summed E-state index contributed by atoms with van der Waals surface area (Å²) >= 11 is 11.1. The molecule has 0 spiro atoms. The van der Waals surface area contributed by atoms with Crippen LogP contribution in [0.25, 0.3) is 0 Å². The van der Waals surface area contributed by atoms with Gasteiger partial charge in [-0.05, 0) is 6.08 Å². The molecule has 8 heavy (non-hydrogen) atoms. The van der Waals surface area contributed by atoms with Crippen molar-refractivity contribution >= 4 is 23.2 Å². The van der Waals surface area contributed by atoms with Gasteiger partial charge in [0.15, 0.2) is 0 Å². The first-order valence-corrected chi connectivity index (χ1v) is 2.92. The number of rotatable bonds is 0. The van der Waals surface area contributed by atoms with Gasteiger partial charge in [0.05, 0.1) is 17.8 Å². The van der Waals surface area contributed by atoms with Crippen LogP contribution in [0, 0.1) is 6.20 Å². The minimum Gasteiger partial charge on any atom is -0.377 e. The first-order chi connectivity index (χ1) is 3.79. The zero-order valence-electron chi connectivity index (χ0n) is 4.04. The van der Waals surface area contributed by atoms with E-state index >= 15 is 0 Å². The van der Waals surface area contributed by atoms with Crippen LogP contribution >= 0.6 is 23.2 Å². The monoisotopic (exact) mass is 148 g/mol. The largest absolute Gasteiger partial charge is 0.377 e. The maximum atomic E-state index is 5.56. The van der Waals surface area contributed by atoms with Crippen molar-refractivity contribution in [1.82, 2.24) is 5.32 Å². The SMILES string of the molecule is ClC1=[C]NCC(Cl)=C1. The molecule has 0 aromatic rings. The van der Waals surface area contributed by atoms with Crippen LogP contribution in [0.15, 0.2) is 16.1 Å². The Balaban J connectivity index is 2.69. The molecule has 0 aromatic heterocycles. The van der Waals surface area contributed by atoms with Gasteiger partial charge in [0.2, 0.25) is 0 Å². The molecule has 0 bridgehead atoms. The normalized spacial score (nSPS) is 18.8. The van der Waals surface area contributed by atoms with Gasteiger partial charge in [-0.1, -0.05) is 23.2 Å². The van der Waals surface area contributed by atoms with Crippen LogP contribution in [-0.4, -0.2) is 6.54 Å². The second-order valence-corrected chi connectivity index (χ2v) is 2.31. The lowest BCUT2D eigenvalue weighted by atomic mass is 10.4. The smallest absolute Gasteiger partial charge is 0.0784 e. The van der Waals surface area contributed by atoms with Crippen LogP contribution in [0.3, 0.4) is 0 Å². The number of nitrogens with one attached hydrogen (secondary N) is 1. The van der Waals surface area contributed by atoms with Gasteiger partial charge in [-0.2, -0.15) is 0 Å². The summed E-state index contributed by atoms with van der Waals surface area (Å²) < 4.78 is 0. The van der Waals surface area contributed by atoms with Crippen molar-refractivity contribution in [2.24, 2.45) is 0 Å². The Bertz CT molecular complexity index is 149. The van der Waals surface area contributed by atoms with Crippen LogP contribution in [-0.2, 0) is 0 Å². The summed E-state index contributed by atoms with van der Waals surface area (Å²) in [6.07, 6.45) is 4.35. The zero-order chi connectivity index (χ0) is 5.98. The summed E-state index contributed by atoms with van der Waals surface area (Å²) in [5.74, 6) is 0. The molecule has 43 valence electrons. The van der Waals surface area contributed by atoms with E-state index in [9.17, 15) is 0 Å². The van der Waals surface area contributed by atoms with E-state index in [1.54, 1.807) is 6.08 Å². The van der Waals surface area contributed by atoms with E-state index in [0.717, 1.165) is 0 Å². The summed E-state index contributed by atoms with van der Waals surface area (Å²) in [7, 11) is 0. The molecule has 0 unspecified atom stereocenters. The average molecular weight is 149 g/mol. The van der Waals surface area contributed by atoms with Gasteiger partial charge < -0.3 is 5.32 Å². The number of dihydropyridines is 1. The number of hydrogen-bond donors (Lipinski definition) is 1. The third-order valence-electron chi connectivity index (χ3n) is 0.748. The molecule has 1 radical (unpaired) electrons. The maximum Gasteiger partial charge on any atom is 0.0784 e. The second kappa shape index (κ2) is 2.42. The molecule has 1 rings (SSSR count). The molecular weight excluding hydrogens is 145 g/mol. The van der Waals surface area contributed by atoms with Gasteiger partial charge in [0.25, 0.3) is 0 Å². The first kappa shape index (κ1) is 5.99. The summed E-state index contributed by atoms with van der Waals surface area (Å²) in [5, 5.41) is 4.01. The van der Waals surface area contributed by atoms with Gasteiger partial charge >= 0.3 is 0 Å². The molecule has 1 heterocycles. The lowest BCUT2D eigenvalue weighted by Gasteiger charge is -2.03. The summed E-state index contributed by atoms with van der Waals surface area (Å²) in [5.41, 5.74) is 0. The lowest BCUT2D eigenvalue weighted by molar-refractivity contribution is 0.924. The summed E-state index contributed by atoms with van der Waals surface area (Å²) in [4.78, 5) is 0. The van der Waals surface area contributed by atoms with Crippen LogP contribution in [0.5, 0.6) is 0 Å². The van der Waals surface area contributed by atoms with Crippen LogP contribution in [0.4, 0.5) is 0 Å². The fourth-order valence-corrected chi connectivity index (χ4v) is 0.868. The quantitative estimate of drug-likeness (QED) is 0.551. The molecule has 0 aromatic carbocycles. The van der Waals surface area contributed by atoms with Gasteiger partial charge in [-0.3, -0.25) is 0 Å². The molecule has 0 saturated heterocycles. The Morgan fingerprint density at radius 1 is 1.62 bits per heavy atom. The van der Waals surface area contributed by atoms with Crippen LogP contribution in [0.1, 0.15) is 0 Å². The summed E-state index contributed by atoms with van der Waals surface area (Å²) in [6.45, 7) is 0.637. The molecule has 1 N–H and O–H groups in total. The highest BCUT2D eigenvalue weighted by atomic mass is 35.5. The van der Waals surface area contributed by atoms with Gasteiger partial charge in [0, 0.05) is 5.03 Å². The maximum absolute atomic E-state index is 5.56. The Morgan fingerprint density at radius 2 is 2.38 bits per heavy atom. The molecule has 1 aliphatic rings. The molecule has 0 amide bonds. The van der Waals surface area contributed by atoms with Crippen molar-refractivity contribution in [3.8, 4) is 0 Å². The third-order valence-corrected chi connectivity index (χ3v) is 1.19. The first-order valence-electron chi connectivity index (χ1n) is 2.16. The molecule has 0 aliphatic carbocycles. The van der Waals surface area contributed by atoms with Gasteiger partial charge in [-0.25, -0.2) is 0 Å². The zero-order valence-corrected chi connectivity index (χ0v) is 5.55. The Labute approximate surface area is 58.0 Å². The summed E-state index contributed by atoms with van der Waals surface area (Å²) in [6, 6.07) is 0. The molecule has 1 nitrogen and oxygen atoms in total. The van der Waals surface area contributed by atoms with E-state index < -0.39 is 0 Å². The molecular formula is C5H4Cl2N. The fourth-order valence-electron chi connectivity index (χ4n) is 0.438. The van der Waals surface area contributed by atoms with Crippen molar-refractivity contribution in [3.05, 3.63) is 22.3 Å². The molecule has 3 heteroatoms. The Morgan fingerprint density at radius 3 is 2.75 bits per heavy atom. The van der Waals surface area contributed by atoms with Gasteiger partial charge in [-0.15, -0.1) is 0 Å². The topological polar surface area (TPSA) is 12.0 Å². The van der Waals surface area contributed by atoms with Crippen molar-refractivity contribution in [2.45, 2.75) is 0 Å². The van der Waals surface area contributed by atoms with Crippen LogP contribution in [0.2, 0.25) is 0 Å². The average Bonchev–Trinajstić information content (AvgIpc) is 1.64. The minimum atomic E-state index is 0.529. The van der Waals surface area contributed by atoms with Crippen molar-refractivity contribution in [1.29, 1.82) is 0 Å².